The molecule has 72 heavy (non-hydrogen) atoms. The third kappa shape index (κ3) is 6.68. The first-order chi connectivity index (χ1) is 34.6. The fourth-order valence-corrected chi connectivity index (χ4v) is 11.6. The van der Waals surface area contributed by atoms with Gasteiger partial charge in [-0.2, -0.15) is 0 Å². The van der Waals surface area contributed by atoms with Crippen molar-refractivity contribution in [2.75, 3.05) is 9.80 Å². The largest absolute Gasteiger partial charge is 0.467 e. The standard InChI is InChI=1S/C66H58BN3O2/c1-64(2,3)43-27-33-46(34-28-43)68-52-24-18-25-53-57(52)67(62-58(68)56-51(70(62)48-37-31-45(32-38-48)66(7,8)9)40-39-50-49-23-16-17-26-54(49)71-61(50)56)63-59(69(53)47-35-29-44(30-36-47)65(4,5)6)55(41-19-12-10-13-20-41)60(72-63)42-21-14-11-15-22-42/h10-40H,1-9H3. The quantitative estimate of drug-likeness (QED) is 0.161. The Morgan fingerprint density at radius 2 is 0.917 bits per heavy atom. The molecule has 0 atom stereocenters. The van der Waals surface area contributed by atoms with Gasteiger partial charge in [-0.1, -0.05) is 184 Å². The van der Waals surface area contributed by atoms with E-state index in [9.17, 15) is 0 Å². The Hall–Kier alpha value is -7.96. The SMILES string of the molecule is CC(C)(C)c1ccc(N2c3cccc4c3B(c3oc(-c5ccccc5)c(-c5ccccc5)c32)c2c(c3c5oc6ccccc6c5ccc3n2-c2ccc(C(C)(C)C)cc2)N4c2ccc(C(C)(C)C)cc2)cc1. The van der Waals surface area contributed by atoms with Crippen molar-refractivity contribution in [2.24, 2.45) is 0 Å². The molecule has 0 N–H and O–H groups in total. The molecule has 0 bridgehead atoms. The molecule has 0 saturated heterocycles. The Morgan fingerprint density at radius 1 is 0.417 bits per heavy atom. The first kappa shape index (κ1) is 44.0. The Bertz CT molecular complexity index is 3900. The zero-order valence-electron chi connectivity index (χ0n) is 42.6. The van der Waals surface area contributed by atoms with Crippen molar-refractivity contribution in [2.45, 2.75) is 78.6 Å². The molecule has 0 radical (unpaired) electrons. The van der Waals surface area contributed by atoms with E-state index < -0.39 is 0 Å². The molecule has 0 saturated carbocycles. The van der Waals surface area contributed by atoms with Gasteiger partial charge >= 0.3 is 6.71 Å². The maximum Gasteiger partial charge on any atom is 0.318 e. The lowest BCUT2D eigenvalue weighted by Crippen LogP contribution is -2.62. The third-order valence-electron chi connectivity index (χ3n) is 15.3. The third-order valence-corrected chi connectivity index (χ3v) is 15.3. The average molecular weight is 936 g/mol. The van der Waals surface area contributed by atoms with Crippen molar-refractivity contribution < 1.29 is 8.83 Å². The first-order valence-corrected chi connectivity index (χ1v) is 25.5. The van der Waals surface area contributed by atoms with E-state index >= 15 is 0 Å². The van der Waals surface area contributed by atoms with Gasteiger partial charge < -0.3 is 23.2 Å². The summed E-state index contributed by atoms with van der Waals surface area (Å²) in [5, 5.41) is 3.26. The van der Waals surface area contributed by atoms with Crippen LogP contribution in [0.2, 0.25) is 0 Å². The van der Waals surface area contributed by atoms with Crippen LogP contribution in [0, 0.1) is 0 Å². The Balaban J connectivity index is 1.22. The van der Waals surface area contributed by atoms with E-state index in [2.05, 4.69) is 265 Å². The van der Waals surface area contributed by atoms with Gasteiger partial charge in [0, 0.05) is 50.4 Å². The number of rotatable bonds is 5. The molecule has 0 unspecified atom stereocenters. The Labute approximate surface area is 423 Å². The van der Waals surface area contributed by atoms with Crippen molar-refractivity contribution in [3.05, 3.63) is 205 Å². The van der Waals surface area contributed by atoms with Gasteiger partial charge in [-0.25, -0.2) is 0 Å². The first-order valence-electron chi connectivity index (χ1n) is 25.5. The van der Waals surface area contributed by atoms with Gasteiger partial charge in [0.05, 0.1) is 27.8 Å². The van der Waals surface area contributed by atoms with E-state index in [0.29, 0.717) is 0 Å². The van der Waals surface area contributed by atoms with Crippen LogP contribution in [0.15, 0.2) is 197 Å². The lowest BCUT2D eigenvalue weighted by Gasteiger charge is -2.42. The second-order valence-corrected chi connectivity index (χ2v) is 23.0. The fourth-order valence-electron chi connectivity index (χ4n) is 11.6. The van der Waals surface area contributed by atoms with Crippen molar-refractivity contribution in [1.29, 1.82) is 0 Å². The van der Waals surface area contributed by atoms with Crippen LogP contribution in [0.5, 0.6) is 0 Å². The van der Waals surface area contributed by atoms with E-state index in [1.54, 1.807) is 0 Å². The molecule has 0 fully saturated rings. The number of nitrogens with zero attached hydrogens (tertiary/aromatic N) is 3. The minimum atomic E-state index is -0.356. The molecule has 11 aromatic rings. The summed E-state index contributed by atoms with van der Waals surface area (Å²) in [5.41, 5.74) is 20.5. The van der Waals surface area contributed by atoms with Crippen LogP contribution in [0.1, 0.15) is 79.0 Å². The summed E-state index contributed by atoms with van der Waals surface area (Å²) in [5.74, 6) is 0.844. The zero-order chi connectivity index (χ0) is 49.4. The van der Waals surface area contributed by atoms with Gasteiger partial charge in [0.2, 0.25) is 0 Å². The Morgan fingerprint density at radius 3 is 1.47 bits per heavy atom. The lowest BCUT2D eigenvalue weighted by molar-refractivity contribution is 0.590. The second kappa shape index (κ2) is 15.8. The fraction of sp³-hybridized carbons (Fsp3) is 0.182. The predicted molar refractivity (Wildman–Crippen MR) is 304 cm³/mol. The minimum absolute atomic E-state index is 0.0168. The summed E-state index contributed by atoms with van der Waals surface area (Å²) in [6.45, 7) is 20.2. The van der Waals surface area contributed by atoms with E-state index in [1.165, 1.54) is 22.2 Å². The minimum Gasteiger partial charge on any atom is -0.467 e. The molecule has 352 valence electrons. The van der Waals surface area contributed by atoms with E-state index in [0.717, 1.165) is 106 Å². The van der Waals surface area contributed by atoms with Crippen LogP contribution in [0.4, 0.5) is 34.1 Å². The van der Waals surface area contributed by atoms with Crippen LogP contribution >= 0.6 is 0 Å². The van der Waals surface area contributed by atoms with Gasteiger partial charge in [0.1, 0.15) is 22.6 Å². The lowest BCUT2D eigenvalue weighted by atomic mass is 9.37. The van der Waals surface area contributed by atoms with Crippen LogP contribution < -0.4 is 26.5 Å². The monoisotopic (exact) mass is 935 g/mol. The van der Waals surface area contributed by atoms with Gasteiger partial charge in [-0.15, -0.1) is 0 Å². The van der Waals surface area contributed by atoms with Crippen molar-refractivity contribution in [1.82, 2.24) is 4.57 Å². The van der Waals surface area contributed by atoms with Gasteiger partial charge in [-0.3, -0.25) is 0 Å². The highest BCUT2D eigenvalue weighted by atomic mass is 16.3. The van der Waals surface area contributed by atoms with Crippen LogP contribution in [0.3, 0.4) is 0 Å². The molecule has 0 spiro atoms. The number of furan rings is 2. The molecule has 5 heterocycles. The number of benzene rings is 8. The normalized spacial score (nSPS) is 13.5. The summed E-state index contributed by atoms with van der Waals surface area (Å²) in [7, 11) is 0. The predicted octanol–water partition coefficient (Wildman–Crippen LogP) is 16.4. The topological polar surface area (TPSA) is 37.7 Å². The van der Waals surface area contributed by atoms with Crippen molar-refractivity contribution >= 4 is 90.4 Å². The highest BCUT2D eigenvalue weighted by molar-refractivity contribution is 7.00. The molecular formula is C66H58BN3O2. The maximum atomic E-state index is 7.80. The van der Waals surface area contributed by atoms with E-state index in [1.807, 2.05) is 0 Å². The van der Waals surface area contributed by atoms with Gasteiger partial charge in [0.15, 0.2) is 0 Å². The second-order valence-electron chi connectivity index (χ2n) is 23.0. The number of fused-ring (bicyclic) bond motifs is 10. The molecule has 6 heteroatoms. The molecule has 2 aliphatic rings. The highest BCUT2D eigenvalue weighted by Gasteiger charge is 2.51. The zero-order valence-corrected chi connectivity index (χ0v) is 42.6. The number of aromatic nitrogens is 1. The molecule has 8 aromatic carbocycles. The van der Waals surface area contributed by atoms with Crippen molar-refractivity contribution in [3.8, 4) is 28.1 Å². The summed E-state index contributed by atoms with van der Waals surface area (Å²) >= 11 is 0. The molecule has 0 amide bonds. The summed E-state index contributed by atoms with van der Waals surface area (Å²) in [4.78, 5) is 5.01. The smallest absolute Gasteiger partial charge is 0.318 e. The molecule has 5 nitrogen and oxygen atoms in total. The van der Waals surface area contributed by atoms with Crippen LogP contribution in [-0.4, -0.2) is 11.3 Å². The number of anilines is 6. The summed E-state index contributed by atoms with van der Waals surface area (Å²) in [6.07, 6.45) is 0. The van der Waals surface area contributed by atoms with Gasteiger partial charge in [-0.05, 0) is 111 Å². The van der Waals surface area contributed by atoms with Crippen LogP contribution in [-0.2, 0) is 16.2 Å². The molecule has 0 aliphatic carbocycles. The summed E-state index contributed by atoms with van der Waals surface area (Å²) < 4.78 is 17.5. The molecule has 3 aromatic heterocycles. The van der Waals surface area contributed by atoms with E-state index in [4.69, 9.17) is 8.83 Å². The molecular weight excluding hydrogens is 878 g/mol. The average Bonchev–Trinajstić information content (AvgIpc) is 4.07. The Kier molecular flexibility index (Phi) is 9.64. The number of hydrogen-bond acceptors (Lipinski definition) is 4. The maximum absolute atomic E-state index is 7.80. The molecule has 13 rings (SSSR count). The summed E-state index contributed by atoms with van der Waals surface area (Å²) in [6, 6.07) is 69.1. The number of hydrogen-bond donors (Lipinski definition) is 0. The van der Waals surface area contributed by atoms with E-state index in [-0.39, 0.29) is 23.0 Å². The van der Waals surface area contributed by atoms with Crippen LogP contribution in [0.25, 0.3) is 61.0 Å². The van der Waals surface area contributed by atoms with Crippen molar-refractivity contribution in [3.63, 3.8) is 0 Å². The number of para-hydroxylation sites is 1. The molecule has 2 aliphatic heterocycles. The van der Waals surface area contributed by atoms with Gasteiger partial charge in [0.25, 0.3) is 0 Å². The highest BCUT2D eigenvalue weighted by Crippen LogP contribution is 2.53.